The van der Waals surface area contributed by atoms with Crippen molar-refractivity contribution in [3.8, 4) is 11.4 Å². The Morgan fingerprint density at radius 3 is 2.96 bits per heavy atom. The molecular weight excluding hydrogens is 352 g/mol. The second-order valence-electron chi connectivity index (χ2n) is 7.40. The second kappa shape index (κ2) is 7.80. The first kappa shape index (κ1) is 18.2. The lowest BCUT2D eigenvalue weighted by Gasteiger charge is -2.18. The quantitative estimate of drug-likeness (QED) is 0.741. The average Bonchev–Trinajstić information content (AvgIpc) is 3.38. The van der Waals surface area contributed by atoms with Crippen LogP contribution in [0.4, 0.5) is 5.69 Å². The van der Waals surface area contributed by atoms with Crippen LogP contribution in [-0.2, 0) is 6.42 Å². The standard InChI is InChI=1S/C21H24N6O/c1-26(2)18-7-3-5-16(12-18)21(28)27-10-8-15(14-27)11-19-23-20(25-24-19)17-6-4-9-22-13-17/h3-7,9,12-13,15H,8,10-11,14H2,1-2H3,(H,23,24,25). The summed E-state index contributed by atoms with van der Waals surface area (Å²) in [5.41, 5.74) is 2.67. The van der Waals surface area contributed by atoms with E-state index in [4.69, 9.17) is 0 Å². The fourth-order valence-corrected chi connectivity index (χ4v) is 3.57. The highest BCUT2D eigenvalue weighted by molar-refractivity contribution is 5.95. The molecule has 2 aromatic heterocycles. The van der Waals surface area contributed by atoms with Gasteiger partial charge in [0.05, 0.1) is 0 Å². The molecule has 1 amide bonds. The van der Waals surface area contributed by atoms with Gasteiger partial charge in [-0.1, -0.05) is 6.07 Å². The summed E-state index contributed by atoms with van der Waals surface area (Å²) in [6.45, 7) is 1.52. The molecule has 1 aromatic carbocycles. The average molecular weight is 376 g/mol. The van der Waals surface area contributed by atoms with Crippen molar-refractivity contribution < 1.29 is 4.79 Å². The fraction of sp³-hybridized carbons (Fsp3) is 0.333. The Morgan fingerprint density at radius 2 is 2.18 bits per heavy atom. The number of rotatable bonds is 5. The molecule has 4 rings (SSSR count). The van der Waals surface area contributed by atoms with Crippen LogP contribution in [-0.4, -0.2) is 58.2 Å². The van der Waals surface area contributed by atoms with Gasteiger partial charge in [0.25, 0.3) is 5.91 Å². The Balaban J connectivity index is 1.39. The summed E-state index contributed by atoms with van der Waals surface area (Å²) >= 11 is 0. The normalized spacial score (nSPS) is 16.4. The summed E-state index contributed by atoms with van der Waals surface area (Å²) in [4.78, 5) is 25.5. The van der Waals surface area contributed by atoms with Gasteiger partial charge < -0.3 is 9.80 Å². The molecule has 1 atom stereocenters. The smallest absolute Gasteiger partial charge is 0.253 e. The van der Waals surface area contributed by atoms with E-state index in [2.05, 4.69) is 20.2 Å². The van der Waals surface area contributed by atoms with E-state index in [9.17, 15) is 4.79 Å². The molecule has 0 radical (unpaired) electrons. The highest BCUT2D eigenvalue weighted by atomic mass is 16.2. The van der Waals surface area contributed by atoms with Crippen molar-refractivity contribution in [2.45, 2.75) is 12.8 Å². The minimum atomic E-state index is 0.0971. The lowest BCUT2D eigenvalue weighted by molar-refractivity contribution is 0.0787. The van der Waals surface area contributed by atoms with Crippen molar-refractivity contribution in [1.82, 2.24) is 25.1 Å². The van der Waals surface area contributed by atoms with Crippen LogP contribution in [0.2, 0.25) is 0 Å². The Bertz CT molecular complexity index is 952. The molecule has 1 aliphatic rings. The number of pyridine rings is 1. The number of carbonyl (C=O) groups is 1. The van der Waals surface area contributed by atoms with Crippen LogP contribution in [0, 0.1) is 5.92 Å². The molecule has 3 heterocycles. The number of amides is 1. The van der Waals surface area contributed by atoms with Gasteiger partial charge in [0.15, 0.2) is 5.82 Å². The lowest BCUT2D eigenvalue weighted by Crippen LogP contribution is -2.29. The van der Waals surface area contributed by atoms with Gasteiger partial charge in [0.2, 0.25) is 0 Å². The van der Waals surface area contributed by atoms with Crippen LogP contribution in [0.15, 0.2) is 48.8 Å². The van der Waals surface area contributed by atoms with Gasteiger partial charge in [-0.3, -0.25) is 14.9 Å². The molecule has 7 nitrogen and oxygen atoms in total. The predicted molar refractivity (Wildman–Crippen MR) is 108 cm³/mol. The second-order valence-corrected chi connectivity index (χ2v) is 7.40. The Labute approximate surface area is 164 Å². The molecule has 0 spiro atoms. The third-order valence-electron chi connectivity index (χ3n) is 5.12. The zero-order valence-corrected chi connectivity index (χ0v) is 16.2. The maximum Gasteiger partial charge on any atom is 0.253 e. The van der Waals surface area contributed by atoms with Gasteiger partial charge >= 0.3 is 0 Å². The zero-order valence-electron chi connectivity index (χ0n) is 16.2. The largest absolute Gasteiger partial charge is 0.378 e. The monoisotopic (exact) mass is 376 g/mol. The maximum absolute atomic E-state index is 12.9. The number of aromatic nitrogens is 4. The van der Waals surface area contributed by atoms with Gasteiger partial charge in [-0.05, 0) is 42.7 Å². The van der Waals surface area contributed by atoms with Gasteiger partial charge in [-0.25, -0.2) is 4.98 Å². The molecule has 1 saturated heterocycles. The van der Waals surface area contributed by atoms with Crippen molar-refractivity contribution in [3.63, 3.8) is 0 Å². The number of hydrogen-bond donors (Lipinski definition) is 1. The predicted octanol–water partition coefficient (Wildman–Crippen LogP) is 2.64. The first-order valence-electron chi connectivity index (χ1n) is 9.48. The molecule has 1 unspecified atom stereocenters. The van der Waals surface area contributed by atoms with E-state index in [1.807, 2.05) is 60.3 Å². The fourth-order valence-electron chi connectivity index (χ4n) is 3.57. The summed E-state index contributed by atoms with van der Waals surface area (Å²) in [5.74, 6) is 2.00. The summed E-state index contributed by atoms with van der Waals surface area (Å²) < 4.78 is 0. The number of likely N-dealkylation sites (tertiary alicyclic amines) is 1. The van der Waals surface area contributed by atoms with Crippen LogP contribution in [0.3, 0.4) is 0 Å². The van der Waals surface area contributed by atoms with Crippen molar-refractivity contribution in [3.05, 3.63) is 60.2 Å². The zero-order chi connectivity index (χ0) is 19.5. The first-order chi connectivity index (χ1) is 13.6. The van der Waals surface area contributed by atoms with E-state index >= 15 is 0 Å². The number of aromatic amines is 1. The molecule has 1 aliphatic heterocycles. The molecule has 7 heteroatoms. The van der Waals surface area contributed by atoms with Crippen LogP contribution in [0.25, 0.3) is 11.4 Å². The van der Waals surface area contributed by atoms with Crippen LogP contribution >= 0.6 is 0 Å². The molecule has 0 bridgehead atoms. The van der Waals surface area contributed by atoms with Crippen molar-refractivity contribution in [1.29, 1.82) is 0 Å². The third kappa shape index (κ3) is 3.88. The van der Waals surface area contributed by atoms with Gasteiger partial charge in [0.1, 0.15) is 5.82 Å². The molecule has 1 N–H and O–H groups in total. The number of H-pyrrole nitrogens is 1. The highest BCUT2D eigenvalue weighted by Crippen LogP contribution is 2.23. The van der Waals surface area contributed by atoms with Crippen molar-refractivity contribution >= 4 is 11.6 Å². The van der Waals surface area contributed by atoms with Crippen molar-refractivity contribution in [2.24, 2.45) is 5.92 Å². The van der Waals surface area contributed by atoms with E-state index in [1.165, 1.54) is 0 Å². The van der Waals surface area contributed by atoms with Gasteiger partial charge in [-0.15, -0.1) is 0 Å². The van der Waals surface area contributed by atoms with Gasteiger partial charge in [-0.2, -0.15) is 5.10 Å². The van der Waals surface area contributed by atoms with Gasteiger partial charge in [0, 0.05) is 62.8 Å². The van der Waals surface area contributed by atoms with Crippen LogP contribution in [0.1, 0.15) is 22.6 Å². The van der Waals surface area contributed by atoms with E-state index in [0.29, 0.717) is 11.7 Å². The summed E-state index contributed by atoms with van der Waals surface area (Å²) in [6.07, 6.45) is 5.25. The number of carbonyl (C=O) groups excluding carboxylic acids is 1. The number of benzene rings is 1. The number of anilines is 1. The lowest BCUT2D eigenvalue weighted by atomic mass is 10.0. The molecule has 1 fully saturated rings. The summed E-state index contributed by atoms with van der Waals surface area (Å²) in [6, 6.07) is 11.6. The summed E-state index contributed by atoms with van der Waals surface area (Å²) in [7, 11) is 3.96. The maximum atomic E-state index is 12.9. The van der Waals surface area contributed by atoms with E-state index < -0.39 is 0 Å². The Morgan fingerprint density at radius 1 is 1.29 bits per heavy atom. The van der Waals surface area contributed by atoms with Crippen molar-refractivity contribution in [2.75, 3.05) is 32.1 Å². The molecule has 144 valence electrons. The third-order valence-corrected chi connectivity index (χ3v) is 5.12. The van der Waals surface area contributed by atoms with Crippen LogP contribution in [0.5, 0.6) is 0 Å². The molecule has 28 heavy (non-hydrogen) atoms. The minimum absolute atomic E-state index is 0.0971. The topological polar surface area (TPSA) is 78.0 Å². The molecular formula is C21H24N6O. The number of nitrogens with zero attached hydrogens (tertiary/aromatic N) is 5. The molecule has 0 aliphatic carbocycles. The number of nitrogens with one attached hydrogen (secondary N) is 1. The Hall–Kier alpha value is -3.22. The van der Waals surface area contributed by atoms with E-state index in [0.717, 1.165) is 48.6 Å². The molecule has 3 aromatic rings. The van der Waals surface area contributed by atoms with E-state index in [1.54, 1.807) is 12.4 Å². The first-order valence-corrected chi connectivity index (χ1v) is 9.48. The SMILES string of the molecule is CN(C)c1cccc(C(=O)N2CCC(Cc3nc(-c4cccnc4)n[nH]3)C2)c1. The van der Waals surface area contributed by atoms with E-state index in [-0.39, 0.29) is 5.91 Å². The van der Waals surface area contributed by atoms with Crippen LogP contribution < -0.4 is 4.90 Å². The minimum Gasteiger partial charge on any atom is -0.378 e. The molecule has 0 saturated carbocycles. The number of hydrogen-bond acceptors (Lipinski definition) is 5. The Kier molecular flexibility index (Phi) is 5.06. The summed E-state index contributed by atoms with van der Waals surface area (Å²) in [5, 5.41) is 7.32. The highest BCUT2D eigenvalue weighted by Gasteiger charge is 2.28.